The molecule has 1 unspecified atom stereocenters. The Bertz CT molecular complexity index is 1280. The van der Waals surface area contributed by atoms with Crippen LogP contribution in [0.3, 0.4) is 0 Å². The Hall–Kier alpha value is -3.74. The lowest BCUT2D eigenvalue weighted by atomic mass is 10.0. The van der Waals surface area contributed by atoms with E-state index in [1.807, 2.05) is 72.5 Å². The second kappa shape index (κ2) is 8.42. The Labute approximate surface area is 186 Å². The molecule has 4 aromatic rings. The zero-order valence-electron chi connectivity index (χ0n) is 18.7. The van der Waals surface area contributed by atoms with Crippen LogP contribution in [0.25, 0.3) is 21.8 Å². The van der Waals surface area contributed by atoms with Gasteiger partial charge in [0.1, 0.15) is 11.6 Å². The van der Waals surface area contributed by atoms with Gasteiger partial charge in [-0.3, -0.25) is 4.79 Å². The summed E-state index contributed by atoms with van der Waals surface area (Å²) < 4.78 is 7.44. The zero-order valence-corrected chi connectivity index (χ0v) is 18.7. The molecule has 0 aliphatic rings. The van der Waals surface area contributed by atoms with Gasteiger partial charge in [0, 0.05) is 47.7 Å². The van der Waals surface area contributed by atoms with E-state index in [2.05, 4.69) is 15.6 Å². The molecular formula is C25H28N4O3. The van der Waals surface area contributed by atoms with E-state index in [9.17, 15) is 9.59 Å². The predicted molar refractivity (Wildman–Crippen MR) is 127 cm³/mol. The summed E-state index contributed by atoms with van der Waals surface area (Å²) in [5, 5.41) is 7.70. The van der Waals surface area contributed by atoms with Crippen LogP contribution >= 0.6 is 0 Å². The molecule has 32 heavy (non-hydrogen) atoms. The summed E-state index contributed by atoms with van der Waals surface area (Å²) in [4.78, 5) is 29.0. The quantitative estimate of drug-likeness (QED) is 0.426. The van der Waals surface area contributed by atoms with Crippen molar-refractivity contribution in [3.63, 3.8) is 0 Å². The highest BCUT2D eigenvalue weighted by Crippen LogP contribution is 2.24. The molecule has 7 heteroatoms. The van der Waals surface area contributed by atoms with Crippen LogP contribution in [0.1, 0.15) is 26.3 Å². The number of H-pyrrole nitrogens is 1. The van der Waals surface area contributed by atoms with Crippen molar-refractivity contribution in [3.8, 4) is 0 Å². The van der Waals surface area contributed by atoms with E-state index in [4.69, 9.17) is 4.74 Å². The first-order valence-corrected chi connectivity index (χ1v) is 10.6. The van der Waals surface area contributed by atoms with Crippen molar-refractivity contribution in [1.82, 2.24) is 14.9 Å². The first kappa shape index (κ1) is 21.5. The third kappa shape index (κ3) is 4.61. The van der Waals surface area contributed by atoms with Crippen molar-refractivity contribution in [2.75, 3.05) is 5.32 Å². The lowest BCUT2D eigenvalue weighted by Gasteiger charge is -2.23. The van der Waals surface area contributed by atoms with Crippen LogP contribution in [0.15, 0.2) is 60.9 Å². The molecule has 2 heterocycles. The number of hydrogen-bond acceptors (Lipinski definition) is 3. The van der Waals surface area contributed by atoms with E-state index in [0.29, 0.717) is 12.1 Å². The summed E-state index contributed by atoms with van der Waals surface area (Å²) in [7, 11) is 1.97. The Morgan fingerprint density at radius 2 is 1.84 bits per heavy atom. The van der Waals surface area contributed by atoms with Crippen LogP contribution in [-0.2, 0) is 23.0 Å². The maximum atomic E-state index is 13.3. The number of alkyl carbamates (subject to hydrolysis) is 1. The van der Waals surface area contributed by atoms with Gasteiger partial charge in [-0.1, -0.05) is 24.3 Å². The highest BCUT2D eigenvalue weighted by atomic mass is 16.6. The molecule has 0 bridgehead atoms. The van der Waals surface area contributed by atoms with Gasteiger partial charge in [0.2, 0.25) is 5.91 Å². The predicted octanol–water partition coefficient (Wildman–Crippen LogP) is 4.73. The third-order valence-electron chi connectivity index (χ3n) is 5.26. The first-order chi connectivity index (χ1) is 15.2. The maximum Gasteiger partial charge on any atom is 0.408 e. The summed E-state index contributed by atoms with van der Waals surface area (Å²) in [5.41, 5.74) is 2.98. The summed E-state index contributed by atoms with van der Waals surface area (Å²) in [6, 6.07) is 14.7. The van der Waals surface area contributed by atoms with E-state index in [1.54, 1.807) is 20.8 Å². The lowest BCUT2D eigenvalue weighted by molar-refractivity contribution is -0.118. The van der Waals surface area contributed by atoms with Crippen molar-refractivity contribution in [3.05, 3.63) is 66.5 Å². The lowest BCUT2D eigenvalue weighted by Crippen LogP contribution is -2.47. The Morgan fingerprint density at radius 3 is 2.62 bits per heavy atom. The van der Waals surface area contributed by atoms with Crippen molar-refractivity contribution in [2.24, 2.45) is 7.05 Å². The second-order valence-electron chi connectivity index (χ2n) is 8.92. The maximum absolute atomic E-state index is 13.3. The van der Waals surface area contributed by atoms with E-state index in [0.717, 1.165) is 27.4 Å². The van der Waals surface area contributed by atoms with Crippen molar-refractivity contribution < 1.29 is 14.3 Å². The molecule has 0 fully saturated rings. The summed E-state index contributed by atoms with van der Waals surface area (Å²) >= 11 is 0. The van der Waals surface area contributed by atoms with Crippen LogP contribution in [0, 0.1) is 0 Å². The highest BCUT2D eigenvalue weighted by Gasteiger charge is 2.26. The molecule has 1 atom stereocenters. The van der Waals surface area contributed by atoms with Crippen LogP contribution in [0.4, 0.5) is 10.5 Å². The van der Waals surface area contributed by atoms with Gasteiger partial charge in [-0.05, 0) is 50.6 Å². The molecule has 2 aromatic heterocycles. The fraction of sp³-hybridized carbons (Fsp3) is 0.280. The third-order valence-corrected chi connectivity index (χ3v) is 5.26. The van der Waals surface area contributed by atoms with Gasteiger partial charge in [0.25, 0.3) is 0 Å². The molecule has 0 spiro atoms. The number of para-hydroxylation sites is 1. The molecular weight excluding hydrogens is 404 g/mol. The number of aryl methyl sites for hydroxylation is 1. The fourth-order valence-corrected chi connectivity index (χ4v) is 3.88. The van der Waals surface area contributed by atoms with Gasteiger partial charge in [0.15, 0.2) is 0 Å². The van der Waals surface area contributed by atoms with Crippen LogP contribution in [0.5, 0.6) is 0 Å². The van der Waals surface area contributed by atoms with E-state index in [1.165, 1.54) is 0 Å². The number of aromatic amines is 1. The Kier molecular flexibility index (Phi) is 5.65. The van der Waals surface area contributed by atoms with Gasteiger partial charge in [-0.2, -0.15) is 0 Å². The monoisotopic (exact) mass is 432 g/mol. The number of anilines is 1. The van der Waals surface area contributed by atoms with Crippen LogP contribution < -0.4 is 10.6 Å². The average molecular weight is 433 g/mol. The summed E-state index contributed by atoms with van der Waals surface area (Å²) in [6.45, 7) is 5.37. The zero-order chi connectivity index (χ0) is 22.9. The number of nitrogens with one attached hydrogen (secondary N) is 3. The van der Waals surface area contributed by atoms with E-state index >= 15 is 0 Å². The SMILES string of the molecule is Cn1cc(CC(NC(=O)OC(C)(C)C)C(=O)Nc2cccc3[nH]ccc23)c2ccccc21. The number of benzene rings is 2. The smallest absolute Gasteiger partial charge is 0.408 e. The molecule has 0 saturated heterocycles. The van der Waals surface area contributed by atoms with Gasteiger partial charge < -0.3 is 24.9 Å². The van der Waals surface area contributed by atoms with Crippen LogP contribution in [-0.4, -0.2) is 33.2 Å². The number of hydrogen-bond donors (Lipinski definition) is 3. The van der Waals surface area contributed by atoms with Gasteiger partial charge >= 0.3 is 6.09 Å². The number of amides is 2. The topological polar surface area (TPSA) is 88.2 Å². The largest absolute Gasteiger partial charge is 0.444 e. The molecule has 3 N–H and O–H groups in total. The number of carbonyl (C=O) groups excluding carboxylic acids is 2. The van der Waals surface area contributed by atoms with Crippen molar-refractivity contribution >= 4 is 39.5 Å². The van der Waals surface area contributed by atoms with Gasteiger partial charge in [-0.25, -0.2) is 4.79 Å². The number of rotatable bonds is 5. The minimum atomic E-state index is -0.815. The van der Waals surface area contributed by atoms with Gasteiger partial charge in [-0.15, -0.1) is 0 Å². The molecule has 0 saturated carbocycles. The number of nitrogens with zero attached hydrogens (tertiary/aromatic N) is 1. The second-order valence-corrected chi connectivity index (χ2v) is 8.92. The molecule has 0 radical (unpaired) electrons. The Balaban J connectivity index is 1.62. The molecule has 2 aromatic carbocycles. The fourth-order valence-electron chi connectivity index (χ4n) is 3.88. The molecule has 0 aliphatic heterocycles. The van der Waals surface area contributed by atoms with E-state index in [-0.39, 0.29) is 5.91 Å². The number of carbonyl (C=O) groups is 2. The highest BCUT2D eigenvalue weighted by molar-refractivity contribution is 6.04. The first-order valence-electron chi connectivity index (χ1n) is 10.6. The Morgan fingerprint density at radius 1 is 1.06 bits per heavy atom. The molecule has 0 aliphatic carbocycles. The number of fused-ring (bicyclic) bond motifs is 2. The van der Waals surface area contributed by atoms with Gasteiger partial charge in [0.05, 0.1) is 5.69 Å². The standard InChI is InChI=1S/C25H28N4O3/c1-25(2,3)32-24(31)28-21(14-16-15-29(4)22-11-6-5-8-17(16)22)23(30)27-20-10-7-9-19-18(20)12-13-26-19/h5-13,15,21,26H,14H2,1-4H3,(H,27,30)(H,28,31). The molecule has 2 amide bonds. The summed E-state index contributed by atoms with van der Waals surface area (Å²) in [6.07, 6.45) is 3.52. The van der Waals surface area contributed by atoms with E-state index < -0.39 is 17.7 Å². The van der Waals surface area contributed by atoms with Crippen molar-refractivity contribution in [1.29, 1.82) is 0 Å². The van der Waals surface area contributed by atoms with Crippen molar-refractivity contribution in [2.45, 2.75) is 38.8 Å². The number of ether oxygens (including phenoxy) is 1. The normalized spacial score (nSPS) is 12.6. The van der Waals surface area contributed by atoms with Crippen LogP contribution in [0.2, 0.25) is 0 Å². The molecule has 166 valence electrons. The molecule has 7 nitrogen and oxygen atoms in total. The minimum Gasteiger partial charge on any atom is -0.444 e. The molecule has 4 rings (SSSR count). The summed E-state index contributed by atoms with van der Waals surface area (Å²) in [5.74, 6) is -0.308. The number of aromatic nitrogens is 2. The average Bonchev–Trinajstić information content (AvgIpc) is 3.32. The minimum absolute atomic E-state index is 0.308.